The molecule has 1 atom stereocenters. The predicted octanol–water partition coefficient (Wildman–Crippen LogP) is 5.63. The number of carbonyl (C=O) groups is 1. The Hall–Kier alpha value is -3.25. The number of benzene rings is 2. The smallest absolute Gasteiger partial charge is 0.296 e. The monoisotopic (exact) mass is 474 g/mol. The van der Waals surface area contributed by atoms with Gasteiger partial charge in [0.1, 0.15) is 11.4 Å². The van der Waals surface area contributed by atoms with Crippen molar-refractivity contribution in [3.8, 4) is 0 Å². The van der Waals surface area contributed by atoms with Crippen LogP contribution in [0.25, 0.3) is 11.0 Å². The Morgan fingerprint density at radius 1 is 1.00 bits per heavy atom. The van der Waals surface area contributed by atoms with Gasteiger partial charge in [-0.3, -0.25) is 14.5 Å². The third kappa shape index (κ3) is 3.10. The van der Waals surface area contributed by atoms with Crippen LogP contribution in [0.15, 0.2) is 68.4 Å². The molecule has 0 spiro atoms. The van der Waals surface area contributed by atoms with Crippen LogP contribution in [0, 0.1) is 20.8 Å². The average molecular weight is 475 g/mol. The molecule has 5 rings (SSSR count). The highest BCUT2D eigenvalue weighted by atomic mass is 79.9. The van der Waals surface area contributed by atoms with Crippen LogP contribution in [0.4, 0.5) is 5.82 Å². The first-order chi connectivity index (χ1) is 14.8. The normalized spacial score (nSPS) is 15.5. The second kappa shape index (κ2) is 7.17. The van der Waals surface area contributed by atoms with Gasteiger partial charge < -0.3 is 4.42 Å². The zero-order valence-corrected chi connectivity index (χ0v) is 18.9. The standard InChI is InChI=1S/C25H19BrN2O3/c1-13-7-8-27-20(9-13)28-22(16-5-4-6-17(26)12-16)21-23(29)18-10-14(2)15(3)11-19(18)31-24(21)25(28)30/h4-12,22H,1-3H3. The van der Waals surface area contributed by atoms with Crippen LogP contribution in [-0.4, -0.2) is 10.9 Å². The van der Waals surface area contributed by atoms with Gasteiger partial charge in [-0.25, -0.2) is 4.98 Å². The fraction of sp³-hybridized carbons (Fsp3) is 0.160. The lowest BCUT2D eigenvalue weighted by atomic mass is 9.97. The van der Waals surface area contributed by atoms with E-state index in [0.717, 1.165) is 26.7 Å². The minimum atomic E-state index is -0.628. The van der Waals surface area contributed by atoms with E-state index >= 15 is 0 Å². The van der Waals surface area contributed by atoms with Crippen molar-refractivity contribution < 1.29 is 9.21 Å². The SMILES string of the molecule is Cc1ccnc(N2C(=O)c3oc4cc(C)c(C)cc4c(=O)c3C2c2cccc(Br)c2)c1. The van der Waals surface area contributed by atoms with Gasteiger partial charge >= 0.3 is 0 Å². The van der Waals surface area contributed by atoms with E-state index in [1.165, 1.54) is 0 Å². The molecule has 2 aromatic heterocycles. The number of rotatable bonds is 2. The number of pyridine rings is 1. The van der Waals surface area contributed by atoms with Crippen molar-refractivity contribution in [1.29, 1.82) is 0 Å². The molecule has 4 aromatic rings. The van der Waals surface area contributed by atoms with E-state index in [1.807, 2.05) is 69.3 Å². The summed E-state index contributed by atoms with van der Waals surface area (Å²) >= 11 is 3.51. The Balaban J connectivity index is 1.85. The van der Waals surface area contributed by atoms with E-state index in [1.54, 1.807) is 11.1 Å². The molecule has 0 radical (unpaired) electrons. The fourth-order valence-electron chi connectivity index (χ4n) is 4.11. The largest absolute Gasteiger partial charge is 0.450 e. The van der Waals surface area contributed by atoms with Crippen molar-refractivity contribution >= 4 is 38.6 Å². The molecular formula is C25H19BrN2O3. The van der Waals surface area contributed by atoms with Gasteiger partial charge in [-0.2, -0.15) is 0 Å². The second-order valence-electron chi connectivity index (χ2n) is 7.93. The number of hydrogen-bond acceptors (Lipinski definition) is 4. The fourth-order valence-corrected chi connectivity index (χ4v) is 4.53. The summed E-state index contributed by atoms with van der Waals surface area (Å²) in [5.41, 5.74) is 4.36. The predicted molar refractivity (Wildman–Crippen MR) is 124 cm³/mol. The van der Waals surface area contributed by atoms with Gasteiger partial charge in [-0.1, -0.05) is 28.1 Å². The summed E-state index contributed by atoms with van der Waals surface area (Å²) in [6, 6.07) is 14.4. The Morgan fingerprint density at radius 2 is 1.77 bits per heavy atom. The minimum absolute atomic E-state index is 0.0778. The second-order valence-corrected chi connectivity index (χ2v) is 8.85. The highest BCUT2D eigenvalue weighted by molar-refractivity contribution is 9.10. The molecule has 0 N–H and O–H groups in total. The first-order valence-electron chi connectivity index (χ1n) is 9.95. The lowest BCUT2D eigenvalue weighted by molar-refractivity contribution is 0.0970. The number of hydrogen-bond donors (Lipinski definition) is 0. The van der Waals surface area contributed by atoms with Gasteiger partial charge in [-0.05, 0) is 79.4 Å². The Kier molecular flexibility index (Phi) is 4.55. The van der Waals surface area contributed by atoms with Gasteiger partial charge in [0.2, 0.25) is 5.76 Å². The molecule has 6 heteroatoms. The molecule has 154 valence electrons. The van der Waals surface area contributed by atoms with E-state index < -0.39 is 6.04 Å². The summed E-state index contributed by atoms with van der Waals surface area (Å²) in [4.78, 5) is 33.2. The minimum Gasteiger partial charge on any atom is -0.450 e. The van der Waals surface area contributed by atoms with Crippen LogP contribution >= 0.6 is 15.9 Å². The molecule has 31 heavy (non-hydrogen) atoms. The van der Waals surface area contributed by atoms with E-state index in [4.69, 9.17) is 4.42 Å². The van der Waals surface area contributed by atoms with Gasteiger partial charge in [0.05, 0.1) is 17.0 Å². The highest BCUT2D eigenvalue weighted by Crippen LogP contribution is 2.41. The molecule has 0 bridgehead atoms. The molecule has 0 aliphatic carbocycles. The van der Waals surface area contributed by atoms with Crippen molar-refractivity contribution in [1.82, 2.24) is 4.98 Å². The van der Waals surface area contributed by atoms with Gasteiger partial charge in [-0.15, -0.1) is 0 Å². The Morgan fingerprint density at radius 3 is 2.52 bits per heavy atom. The van der Waals surface area contributed by atoms with Crippen molar-refractivity contribution in [2.45, 2.75) is 26.8 Å². The zero-order valence-electron chi connectivity index (χ0n) is 17.3. The number of amides is 1. The number of halogens is 1. The zero-order chi connectivity index (χ0) is 21.9. The van der Waals surface area contributed by atoms with Crippen molar-refractivity contribution in [3.63, 3.8) is 0 Å². The van der Waals surface area contributed by atoms with Gasteiger partial charge in [0.25, 0.3) is 5.91 Å². The quantitative estimate of drug-likeness (QED) is 0.377. The summed E-state index contributed by atoms with van der Waals surface area (Å²) in [6.07, 6.45) is 1.66. The first kappa shape index (κ1) is 19.7. The van der Waals surface area contributed by atoms with Crippen LogP contribution in [0.2, 0.25) is 0 Å². The summed E-state index contributed by atoms with van der Waals surface area (Å²) in [5, 5.41) is 0.480. The van der Waals surface area contributed by atoms with Gasteiger partial charge in [0.15, 0.2) is 5.43 Å². The molecule has 0 saturated carbocycles. The number of fused-ring (bicyclic) bond motifs is 2. The highest BCUT2D eigenvalue weighted by Gasteiger charge is 2.44. The molecule has 0 fully saturated rings. The average Bonchev–Trinajstić information content (AvgIpc) is 3.02. The topological polar surface area (TPSA) is 63.4 Å². The molecule has 1 aliphatic rings. The third-order valence-corrected chi connectivity index (χ3v) is 6.29. The van der Waals surface area contributed by atoms with Crippen molar-refractivity contribution in [2.75, 3.05) is 4.90 Å². The van der Waals surface area contributed by atoms with Crippen molar-refractivity contribution in [2.24, 2.45) is 0 Å². The number of aryl methyl sites for hydroxylation is 3. The van der Waals surface area contributed by atoms with E-state index in [0.29, 0.717) is 22.4 Å². The summed E-state index contributed by atoms with van der Waals surface area (Å²) in [5.74, 6) is 0.196. The van der Waals surface area contributed by atoms with E-state index in [-0.39, 0.29) is 17.1 Å². The number of aromatic nitrogens is 1. The molecule has 1 amide bonds. The Labute approximate surface area is 187 Å². The molecule has 5 nitrogen and oxygen atoms in total. The molecule has 0 saturated heterocycles. The first-order valence-corrected chi connectivity index (χ1v) is 10.7. The van der Waals surface area contributed by atoms with Crippen LogP contribution in [0.5, 0.6) is 0 Å². The van der Waals surface area contributed by atoms with Crippen LogP contribution < -0.4 is 10.3 Å². The maximum absolute atomic E-state index is 13.7. The van der Waals surface area contributed by atoms with E-state index in [2.05, 4.69) is 20.9 Å². The lowest BCUT2D eigenvalue weighted by Crippen LogP contribution is -2.30. The summed E-state index contributed by atoms with van der Waals surface area (Å²) < 4.78 is 6.93. The van der Waals surface area contributed by atoms with E-state index in [9.17, 15) is 9.59 Å². The van der Waals surface area contributed by atoms with Crippen LogP contribution in [0.1, 0.15) is 44.4 Å². The van der Waals surface area contributed by atoms with Crippen LogP contribution in [-0.2, 0) is 0 Å². The number of carbonyl (C=O) groups excluding carboxylic acids is 1. The maximum Gasteiger partial charge on any atom is 0.296 e. The molecule has 1 aliphatic heterocycles. The third-order valence-electron chi connectivity index (χ3n) is 5.80. The number of anilines is 1. The maximum atomic E-state index is 13.7. The lowest BCUT2D eigenvalue weighted by Gasteiger charge is -2.24. The van der Waals surface area contributed by atoms with Gasteiger partial charge in [0, 0.05) is 10.7 Å². The van der Waals surface area contributed by atoms with Crippen molar-refractivity contribution in [3.05, 3.63) is 103 Å². The number of nitrogens with zero attached hydrogens (tertiary/aromatic N) is 2. The summed E-state index contributed by atoms with van der Waals surface area (Å²) in [7, 11) is 0. The molecular weight excluding hydrogens is 456 g/mol. The Bertz CT molecular complexity index is 1440. The molecule has 1 unspecified atom stereocenters. The molecule has 3 heterocycles. The molecule has 2 aromatic carbocycles. The van der Waals surface area contributed by atoms with Crippen LogP contribution in [0.3, 0.4) is 0 Å². The summed E-state index contributed by atoms with van der Waals surface area (Å²) in [6.45, 7) is 5.86.